The zero-order valence-electron chi connectivity index (χ0n) is 12.4. The summed E-state index contributed by atoms with van der Waals surface area (Å²) in [5.41, 5.74) is 4.82. The summed E-state index contributed by atoms with van der Waals surface area (Å²) in [6.07, 6.45) is 11.2. The van der Waals surface area contributed by atoms with Gasteiger partial charge in [-0.3, -0.25) is 4.57 Å². The second kappa shape index (κ2) is 8.28. The number of hydrogen-bond donors (Lipinski definition) is 4. The van der Waals surface area contributed by atoms with Crippen molar-refractivity contribution >= 4 is 5.82 Å². The lowest BCUT2D eigenvalue weighted by molar-refractivity contribution is -0.0458. The van der Waals surface area contributed by atoms with Gasteiger partial charge in [0.05, 0.1) is 12.7 Å². The summed E-state index contributed by atoms with van der Waals surface area (Å²) < 4.78 is 6.56. The van der Waals surface area contributed by atoms with Gasteiger partial charge in [-0.25, -0.2) is 4.79 Å². The van der Waals surface area contributed by atoms with E-state index in [0.29, 0.717) is 0 Å². The Balaban J connectivity index is 0.000000229. The molecule has 0 amide bonds. The summed E-state index contributed by atoms with van der Waals surface area (Å²) in [7, 11) is 0. The first-order valence-corrected chi connectivity index (χ1v) is 7.15. The summed E-state index contributed by atoms with van der Waals surface area (Å²) in [4.78, 5) is 15.0. The van der Waals surface area contributed by atoms with Crippen LogP contribution in [0.2, 0.25) is 0 Å². The Labute approximate surface area is 133 Å². The first kappa shape index (κ1) is 16.9. The van der Waals surface area contributed by atoms with E-state index in [1.807, 2.05) is 36.7 Å². The zero-order valence-corrected chi connectivity index (χ0v) is 12.4. The number of rotatable bonds is 2. The van der Waals surface area contributed by atoms with Crippen molar-refractivity contribution in [3.05, 3.63) is 59.5 Å². The van der Waals surface area contributed by atoms with Crippen LogP contribution in [0.25, 0.3) is 0 Å². The summed E-state index contributed by atoms with van der Waals surface area (Å²) in [6.45, 7) is -0.283. The van der Waals surface area contributed by atoms with Crippen molar-refractivity contribution < 1.29 is 14.9 Å². The number of aromatic nitrogens is 2. The van der Waals surface area contributed by atoms with Crippen LogP contribution in [0.15, 0.2) is 53.8 Å². The molecule has 0 unspecified atom stereocenters. The molecule has 3 atom stereocenters. The highest BCUT2D eigenvalue weighted by molar-refractivity contribution is 5.23. The van der Waals surface area contributed by atoms with Crippen LogP contribution in [0.5, 0.6) is 0 Å². The third kappa shape index (κ3) is 4.78. The molecule has 2 aliphatic heterocycles. The molecule has 124 valence electrons. The van der Waals surface area contributed by atoms with Crippen LogP contribution in [0, 0.1) is 0 Å². The lowest BCUT2D eigenvalue weighted by atomic mass is 10.2. The number of nitrogens with two attached hydrogens (primary N) is 1. The number of ether oxygens (including phenoxy) is 1. The average Bonchev–Trinajstić information content (AvgIpc) is 2.74. The first-order valence-electron chi connectivity index (χ1n) is 7.15. The molecule has 1 aromatic heterocycles. The molecule has 0 bridgehead atoms. The van der Waals surface area contributed by atoms with Gasteiger partial charge in [-0.1, -0.05) is 12.2 Å². The van der Waals surface area contributed by atoms with Crippen molar-refractivity contribution in [1.29, 1.82) is 0 Å². The van der Waals surface area contributed by atoms with Crippen molar-refractivity contribution in [2.45, 2.75) is 24.9 Å². The molecule has 8 heteroatoms. The maximum atomic E-state index is 11.5. The third-order valence-electron chi connectivity index (χ3n) is 3.26. The Kier molecular flexibility index (Phi) is 6.10. The van der Waals surface area contributed by atoms with Crippen molar-refractivity contribution in [2.24, 2.45) is 0 Å². The topological polar surface area (TPSA) is 123 Å². The molecule has 3 heterocycles. The maximum absolute atomic E-state index is 11.5. The normalized spacial score (nSPS) is 25.4. The smallest absolute Gasteiger partial charge is 0.351 e. The molecule has 0 aromatic carbocycles. The summed E-state index contributed by atoms with van der Waals surface area (Å²) >= 11 is 0. The predicted octanol–water partition coefficient (Wildman–Crippen LogP) is -0.361. The second-order valence-electron chi connectivity index (χ2n) is 4.93. The van der Waals surface area contributed by atoms with Gasteiger partial charge in [0.1, 0.15) is 18.1 Å². The highest BCUT2D eigenvalue weighted by Crippen LogP contribution is 2.27. The van der Waals surface area contributed by atoms with E-state index >= 15 is 0 Å². The quantitative estimate of drug-likeness (QED) is 0.587. The van der Waals surface area contributed by atoms with E-state index in [9.17, 15) is 9.90 Å². The molecule has 1 saturated heterocycles. The molecular weight excluding hydrogens is 300 g/mol. The molecule has 5 N–H and O–H groups in total. The monoisotopic (exact) mass is 320 g/mol. The van der Waals surface area contributed by atoms with E-state index < -0.39 is 24.1 Å². The van der Waals surface area contributed by atoms with Crippen molar-refractivity contribution in [3.63, 3.8) is 0 Å². The molecule has 23 heavy (non-hydrogen) atoms. The van der Waals surface area contributed by atoms with Gasteiger partial charge < -0.3 is 26.0 Å². The fourth-order valence-corrected chi connectivity index (χ4v) is 2.10. The molecular formula is C15H20N4O4. The van der Waals surface area contributed by atoms with Crippen molar-refractivity contribution in [1.82, 2.24) is 14.9 Å². The van der Waals surface area contributed by atoms with Gasteiger partial charge in [-0.15, -0.1) is 0 Å². The van der Waals surface area contributed by atoms with E-state index in [0.717, 1.165) is 0 Å². The number of nitrogens with zero attached hydrogens (tertiary/aromatic N) is 2. The fourth-order valence-electron chi connectivity index (χ4n) is 2.10. The lowest BCUT2D eigenvalue weighted by Gasteiger charge is -2.13. The number of aliphatic hydroxyl groups is 2. The minimum absolute atomic E-state index is 0.138. The number of anilines is 1. The molecule has 0 spiro atoms. The van der Waals surface area contributed by atoms with Gasteiger partial charge in [-0.05, 0) is 18.2 Å². The molecule has 8 nitrogen and oxygen atoms in total. The van der Waals surface area contributed by atoms with Gasteiger partial charge in [0, 0.05) is 25.0 Å². The molecule has 0 saturated carbocycles. The third-order valence-corrected chi connectivity index (χ3v) is 3.26. The molecule has 1 fully saturated rings. The minimum Gasteiger partial charge on any atom is -0.394 e. The predicted molar refractivity (Wildman–Crippen MR) is 85.1 cm³/mol. The lowest BCUT2D eigenvalue weighted by Crippen LogP contribution is -2.27. The maximum Gasteiger partial charge on any atom is 0.351 e. The standard InChI is InChI=1S/C9H13N3O4.C6H7N/c10-7-1-2-12(9(15)11-7)8-3-5(14)6(4-13)16-8;1-2-4-6-7-5-3-1/h1-2,5-6,8,13-14H,3-4H2,(H2,10,11,15);1-7H/t5-,6+,8+;/m0./s1. The summed E-state index contributed by atoms with van der Waals surface area (Å²) in [5, 5.41) is 21.4. The van der Waals surface area contributed by atoms with Crippen LogP contribution >= 0.6 is 0 Å². The Morgan fingerprint density at radius 2 is 2.04 bits per heavy atom. The Morgan fingerprint density at radius 3 is 2.61 bits per heavy atom. The van der Waals surface area contributed by atoms with Gasteiger partial charge >= 0.3 is 5.69 Å². The van der Waals surface area contributed by atoms with Crippen LogP contribution in [-0.2, 0) is 4.74 Å². The van der Waals surface area contributed by atoms with Gasteiger partial charge in [0.15, 0.2) is 0 Å². The molecule has 0 radical (unpaired) electrons. The molecule has 1 aromatic rings. The molecule has 0 aliphatic carbocycles. The van der Waals surface area contributed by atoms with E-state index in [1.54, 1.807) is 0 Å². The number of nitrogen functional groups attached to an aromatic ring is 1. The number of aliphatic hydroxyl groups excluding tert-OH is 2. The fraction of sp³-hybridized carbons (Fsp3) is 0.333. The number of hydrogen-bond acceptors (Lipinski definition) is 7. The number of allylic oxidation sites excluding steroid dienone is 4. The Morgan fingerprint density at radius 1 is 1.35 bits per heavy atom. The van der Waals surface area contributed by atoms with Crippen LogP contribution in [0.1, 0.15) is 12.6 Å². The van der Waals surface area contributed by atoms with Crippen LogP contribution in [0.3, 0.4) is 0 Å². The summed E-state index contributed by atoms with van der Waals surface area (Å²) in [6, 6.07) is 1.48. The number of nitrogens with one attached hydrogen (secondary N) is 1. The highest BCUT2D eigenvalue weighted by Gasteiger charge is 2.34. The van der Waals surface area contributed by atoms with E-state index in [4.69, 9.17) is 15.6 Å². The van der Waals surface area contributed by atoms with Crippen LogP contribution in [0.4, 0.5) is 5.82 Å². The SMILES string of the molecule is C1=CC=CNC=C1.Nc1ccn([C@H]2C[C@H](O)[C@@H](CO)O2)c(=O)n1. The van der Waals surface area contributed by atoms with E-state index in [1.165, 1.54) is 16.8 Å². The van der Waals surface area contributed by atoms with Crippen molar-refractivity contribution in [2.75, 3.05) is 12.3 Å². The van der Waals surface area contributed by atoms with Crippen LogP contribution in [-0.4, -0.2) is 38.6 Å². The average molecular weight is 320 g/mol. The van der Waals surface area contributed by atoms with Gasteiger partial charge in [0.25, 0.3) is 0 Å². The zero-order chi connectivity index (χ0) is 16.7. The van der Waals surface area contributed by atoms with Crippen molar-refractivity contribution in [3.8, 4) is 0 Å². The largest absolute Gasteiger partial charge is 0.394 e. The summed E-state index contributed by atoms with van der Waals surface area (Å²) in [5.74, 6) is 0.138. The van der Waals surface area contributed by atoms with E-state index in [-0.39, 0.29) is 18.8 Å². The van der Waals surface area contributed by atoms with Crippen LogP contribution < -0.4 is 16.7 Å². The van der Waals surface area contributed by atoms with Gasteiger partial charge in [0.2, 0.25) is 0 Å². The Hall–Kier alpha value is -2.42. The molecule has 3 rings (SSSR count). The minimum atomic E-state index is -0.778. The van der Waals surface area contributed by atoms with E-state index in [2.05, 4.69) is 10.3 Å². The second-order valence-corrected chi connectivity index (χ2v) is 4.93. The van der Waals surface area contributed by atoms with Gasteiger partial charge in [-0.2, -0.15) is 4.98 Å². The molecule has 2 aliphatic rings. The Bertz CT molecular complexity index is 639. The highest BCUT2D eigenvalue weighted by atomic mass is 16.5. The first-order chi connectivity index (χ1) is 11.1.